The van der Waals surface area contributed by atoms with Crippen molar-refractivity contribution in [1.82, 2.24) is 14.9 Å². The zero-order valence-electron chi connectivity index (χ0n) is 20.6. The number of nitrogens with one attached hydrogen (secondary N) is 2. The van der Waals surface area contributed by atoms with Crippen LogP contribution in [0.3, 0.4) is 0 Å². The summed E-state index contributed by atoms with van der Waals surface area (Å²) in [6.07, 6.45) is 4.52. The molecule has 1 aromatic carbocycles. The maximum absolute atomic E-state index is 12.2. The number of benzene rings is 1. The molecule has 0 radical (unpaired) electrons. The van der Waals surface area contributed by atoms with Gasteiger partial charge in [0.1, 0.15) is 5.75 Å². The van der Waals surface area contributed by atoms with Crippen molar-refractivity contribution in [2.24, 2.45) is 0 Å². The predicted molar refractivity (Wildman–Crippen MR) is 134 cm³/mol. The standard InChI is InChI=1S/C25H38N6O2/c1-6-30(7-2)24-26-17-22(27-18(3)4)23(29-24)28-19(5)16-20-10-12-21(13-11-20)33-25(32)31-14-8-9-15-31/h10-13,17-19,27H,6-9,14-16H2,1-5H3,(H,26,28,29)/t19-/m1/s1. The van der Waals surface area contributed by atoms with Crippen molar-refractivity contribution in [2.45, 2.75) is 66.0 Å². The van der Waals surface area contributed by atoms with Gasteiger partial charge in [-0.15, -0.1) is 0 Å². The molecular weight excluding hydrogens is 416 g/mol. The van der Waals surface area contributed by atoms with Crippen LogP contribution in [0.5, 0.6) is 5.75 Å². The second-order valence-corrected chi connectivity index (χ2v) is 8.86. The van der Waals surface area contributed by atoms with Gasteiger partial charge < -0.3 is 25.2 Å². The minimum absolute atomic E-state index is 0.148. The van der Waals surface area contributed by atoms with Crippen molar-refractivity contribution in [2.75, 3.05) is 41.7 Å². The first-order chi connectivity index (χ1) is 15.9. The molecule has 0 aliphatic carbocycles. The molecule has 0 unspecified atom stereocenters. The smallest absolute Gasteiger partial charge is 0.410 e. The fraction of sp³-hybridized carbons (Fsp3) is 0.560. The van der Waals surface area contributed by atoms with E-state index in [1.807, 2.05) is 30.5 Å². The van der Waals surface area contributed by atoms with Gasteiger partial charge in [0.2, 0.25) is 5.95 Å². The summed E-state index contributed by atoms with van der Waals surface area (Å²) in [5.74, 6) is 2.12. The van der Waals surface area contributed by atoms with Crippen molar-refractivity contribution < 1.29 is 9.53 Å². The molecule has 1 aromatic heterocycles. The maximum Gasteiger partial charge on any atom is 0.415 e. The number of rotatable bonds is 10. The fourth-order valence-corrected chi connectivity index (χ4v) is 3.95. The maximum atomic E-state index is 12.2. The molecule has 2 heterocycles. The van der Waals surface area contributed by atoms with Crippen LogP contribution in [0.2, 0.25) is 0 Å². The Balaban J connectivity index is 1.64. The molecule has 33 heavy (non-hydrogen) atoms. The number of hydrogen-bond donors (Lipinski definition) is 2. The van der Waals surface area contributed by atoms with Crippen molar-refractivity contribution in [1.29, 1.82) is 0 Å². The van der Waals surface area contributed by atoms with Crippen molar-refractivity contribution in [3.05, 3.63) is 36.0 Å². The minimum atomic E-state index is -0.256. The van der Waals surface area contributed by atoms with E-state index in [0.717, 1.165) is 68.5 Å². The molecule has 0 spiro atoms. The average Bonchev–Trinajstić information content (AvgIpc) is 3.32. The number of carbonyl (C=O) groups is 1. The number of likely N-dealkylation sites (tertiary alicyclic amines) is 1. The second-order valence-electron chi connectivity index (χ2n) is 8.86. The summed E-state index contributed by atoms with van der Waals surface area (Å²) in [5, 5.41) is 6.99. The zero-order valence-corrected chi connectivity index (χ0v) is 20.6. The summed E-state index contributed by atoms with van der Waals surface area (Å²) in [7, 11) is 0. The Labute approximate surface area is 197 Å². The summed E-state index contributed by atoms with van der Waals surface area (Å²) in [5.41, 5.74) is 2.06. The lowest BCUT2D eigenvalue weighted by Gasteiger charge is -2.23. The lowest BCUT2D eigenvalue weighted by Crippen LogP contribution is -2.30. The van der Waals surface area contributed by atoms with Crippen LogP contribution in [-0.4, -0.2) is 59.2 Å². The highest BCUT2D eigenvalue weighted by molar-refractivity contribution is 5.71. The van der Waals surface area contributed by atoms with E-state index in [4.69, 9.17) is 9.72 Å². The second kappa shape index (κ2) is 11.7. The Morgan fingerprint density at radius 1 is 1.09 bits per heavy atom. The highest BCUT2D eigenvalue weighted by Gasteiger charge is 2.20. The zero-order chi connectivity index (χ0) is 23.8. The molecule has 0 bridgehead atoms. The van der Waals surface area contributed by atoms with Gasteiger partial charge in [-0.05, 0) is 71.6 Å². The molecule has 3 rings (SSSR count). The van der Waals surface area contributed by atoms with Crippen molar-refractivity contribution in [3.63, 3.8) is 0 Å². The molecule has 8 nitrogen and oxygen atoms in total. The largest absolute Gasteiger partial charge is 0.415 e. The van der Waals surface area contributed by atoms with E-state index in [1.54, 1.807) is 4.90 Å². The SMILES string of the molecule is CCN(CC)c1ncc(NC(C)C)c(N[C@H](C)Cc2ccc(OC(=O)N3CCCC3)cc2)n1. The Hall–Kier alpha value is -3.03. The van der Waals surface area contributed by atoms with Gasteiger partial charge in [0.05, 0.1) is 11.9 Å². The molecule has 8 heteroatoms. The van der Waals surface area contributed by atoms with Gasteiger partial charge in [-0.2, -0.15) is 4.98 Å². The number of aromatic nitrogens is 2. The van der Waals surface area contributed by atoms with Gasteiger partial charge >= 0.3 is 6.09 Å². The van der Waals surface area contributed by atoms with Crippen LogP contribution in [0.15, 0.2) is 30.5 Å². The third-order valence-corrected chi connectivity index (χ3v) is 5.68. The highest BCUT2D eigenvalue weighted by atomic mass is 16.6. The number of nitrogens with zero attached hydrogens (tertiary/aromatic N) is 4. The third-order valence-electron chi connectivity index (χ3n) is 5.68. The van der Waals surface area contributed by atoms with E-state index in [2.05, 4.69) is 55.1 Å². The van der Waals surface area contributed by atoms with Crippen LogP contribution in [0.1, 0.15) is 53.0 Å². The van der Waals surface area contributed by atoms with Gasteiger partial charge in [-0.3, -0.25) is 0 Å². The molecule has 180 valence electrons. The summed E-state index contributed by atoms with van der Waals surface area (Å²) in [4.78, 5) is 25.4. The minimum Gasteiger partial charge on any atom is -0.410 e. The predicted octanol–water partition coefficient (Wildman–Crippen LogP) is 4.78. The fourth-order valence-electron chi connectivity index (χ4n) is 3.95. The molecule has 1 amide bonds. The lowest BCUT2D eigenvalue weighted by molar-refractivity contribution is 0.163. The molecule has 2 N–H and O–H groups in total. The molecular formula is C25H38N6O2. The number of carbonyl (C=O) groups excluding carboxylic acids is 1. The van der Waals surface area contributed by atoms with Crippen LogP contribution in [-0.2, 0) is 6.42 Å². The monoisotopic (exact) mass is 454 g/mol. The van der Waals surface area contributed by atoms with Gasteiger partial charge in [0.15, 0.2) is 5.82 Å². The Kier molecular flexibility index (Phi) is 8.74. The quantitative estimate of drug-likeness (QED) is 0.534. The number of amides is 1. The van der Waals surface area contributed by atoms with E-state index in [-0.39, 0.29) is 18.2 Å². The number of anilines is 3. The summed E-state index contributed by atoms with van der Waals surface area (Å²) >= 11 is 0. The van der Waals surface area contributed by atoms with Crippen molar-refractivity contribution >= 4 is 23.5 Å². The van der Waals surface area contributed by atoms with Gasteiger partial charge in [-0.1, -0.05) is 12.1 Å². The van der Waals surface area contributed by atoms with Crippen LogP contribution in [0.25, 0.3) is 0 Å². The molecule has 2 aromatic rings. The van der Waals surface area contributed by atoms with Gasteiger partial charge in [0.25, 0.3) is 0 Å². The molecule has 1 aliphatic rings. The van der Waals surface area contributed by atoms with Crippen LogP contribution >= 0.6 is 0 Å². The molecule has 1 fully saturated rings. The molecule has 0 saturated carbocycles. The van der Waals surface area contributed by atoms with Crippen molar-refractivity contribution in [3.8, 4) is 5.75 Å². The highest BCUT2D eigenvalue weighted by Crippen LogP contribution is 2.24. The first-order valence-electron chi connectivity index (χ1n) is 12.1. The van der Waals surface area contributed by atoms with Gasteiger partial charge in [-0.25, -0.2) is 9.78 Å². The van der Waals surface area contributed by atoms with Crippen LogP contribution in [0.4, 0.5) is 22.2 Å². The Morgan fingerprint density at radius 2 is 1.76 bits per heavy atom. The van der Waals surface area contributed by atoms with E-state index < -0.39 is 0 Å². The van der Waals surface area contributed by atoms with Crippen LogP contribution in [0, 0.1) is 0 Å². The lowest BCUT2D eigenvalue weighted by atomic mass is 10.1. The normalized spacial score (nSPS) is 14.3. The molecule has 1 saturated heterocycles. The van der Waals surface area contributed by atoms with E-state index in [0.29, 0.717) is 5.75 Å². The molecule has 1 aliphatic heterocycles. The van der Waals surface area contributed by atoms with E-state index in [9.17, 15) is 4.79 Å². The summed E-state index contributed by atoms with van der Waals surface area (Å²) < 4.78 is 5.50. The summed E-state index contributed by atoms with van der Waals surface area (Å²) in [6, 6.07) is 8.18. The topological polar surface area (TPSA) is 82.6 Å². The van der Waals surface area contributed by atoms with Gasteiger partial charge in [0, 0.05) is 38.3 Å². The van der Waals surface area contributed by atoms with E-state index in [1.165, 1.54) is 0 Å². The number of ether oxygens (including phenoxy) is 1. The third kappa shape index (κ3) is 6.97. The Morgan fingerprint density at radius 3 is 2.36 bits per heavy atom. The first kappa shape index (κ1) is 24.6. The van der Waals surface area contributed by atoms with Crippen LogP contribution < -0.4 is 20.3 Å². The first-order valence-corrected chi connectivity index (χ1v) is 12.1. The molecule has 1 atom stereocenters. The average molecular weight is 455 g/mol. The summed E-state index contributed by atoms with van der Waals surface area (Å²) in [6.45, 7) is 13.8. The Bertz CT molecular complexity index is 892. The number of hydrogen-bond acceptors (Lipinski definition) is 7. The van der Waals surface area contributed by atoms with E-state index >= 15 is 0 Å².